The zero-order chi connectivity index (χ0) is 16.8. The van der Waals surface area contributed by atoms with Crippen LogP contribution in [0.2, 0.25) is 0 Å². The van der Waals surface area contributed by atoms with Crippen molar-refractivity contribution >= 4 is 21.8 Å². The van der Waals surface area contributed by atoms with Gasteiger partial charge in [0, 0.05) is 17.6 Å². The first-order chi connectivity index (χ1) is 11.7. The molecule has 2 N–H and O–H groups in total. The van der Waals surface area contributed by atoms with E-state index in [-0.39, 0.29) is 12.5 Å². The van der Waals surface area contributed by atoms with Crippen molar-refractivity contribution in [3.05, 3.63) is 64.0 Å². The van der Waals surface area contributed by atoms with E-state index in [1.54, 1.807) is 12.1 Å². The standard InChI is InChI=1S/C18H19BrN2O3/c19-14-1-3-15(4-2-14)23-12-16-5-6-17(24-16)18(22)21-11-13-7-9-20-10-8-13/h1-7,20H,8-12H2,(H,21,22). The van der Waals surface area contributed by atoms with Crippen molar-refractivity contribution in [1.82, 2.24) is 10.6 Å². The zero-order valence-corrected chi connectivity index (χ0v) is 14.8. The molecule has 1 amide bonds. The maximum atomic E-state index is 12.1. The third kappa shape index (κ3) is 4.72. The van der Waals surface area contributed by atoms with Crippen molar-refractivity contribution in [2.24, 2.45) is 0 Å². The van der Waals surface area contributed by atoms with E-state index in [0.29, 0.717) is 18.1 Å². The van der Waals surface area contributed by atoms with Gasteiger partial charge in [-0.25, -0.2) is 0 Å². The van der Waals surface area contributed by atoms with Crippen LogP contribution >= 0.6 is 15.9 Å². The highest BCUT2D eigenvalue weighted by Crippen LogP contribution is 2.18. The van der Waals surface area contributed by atoms with E-state index >= 15 is 0 Å². The van der Waals surface area contributed by atoms with Crippen molar-refractivity contribution in [2.45, 2.75) is 13.0 Å². The van der Waals surface area contributed by atoms with Crippen LogP contribution in [0.5, 0.6) is 5.75 Å². The summed E-state index contributed by atoms with van der Waals surface area (Å²) in [4.78, 5) is 12.1. The van der Waals surface area contributed by atoms with Gasteiger partial charge < -0.3 is 19.8 Å². The van der Waals surface area contributed by atoms with Crippen LogP contribution in [0.25, 0.3) is 0 Å². The molecule has 1 aliphatic heterocycles. The molecule has 24 heavy (non-hydrogen) atoms. The fraction of sp³-hybridized carbons (Fsp3) is 0.278. The zero-order valence-electron chi connectivity index (χ0n) is 13.2. The molecule has 2 aromatic rings. The molecule has 6 heteroatoms. The molecule has 0 atom stereocenters. The van der Waals surface area contributed by atoms with E-state index in [4.69, 9.17) is 9.15 Å². The van der Waals surface area contributed by atoms with E-state index in [1.807, 2.05) is 24.3 Å². The van der Waals surface area contributed by atoms with E-state index in [0.717, 1.165) is 29.7 Å². The lowest BCUT2D eigenvalue weighted by atomic mass is 10.1. The van der Waals surface area contributed by atoms with E-state index < -0.39 is 0 Å². The summed E-state index contributed by atoms with van der Waals surface area (Å²) in [6.45, 7) is 2.67. The second-order valence-electron chi connectivity index (χ2n) is 5.51. The normalized spacial score (nSPS) is 14.1. The second-order valence-corrected chi connectivity index (χ2v) is 6.42. The van der Waals surface area contributed by atoms with Crippen molar-refractivity contribution in [3.8, 4) is 5.75 Å². The highest BCUT2D eigenvalue weighted by molar-refractivity contribution is 9.10. The molecule has 0 unspecified atom stereocenters. The number of nitrogens with one attached hydrogen (secondary N) is 2. The van der Waals surface area contributed by atoms with Crippen molar-refractivity contribution in [2.75, 3.05) is 19.6 Å². The summed E-state index contributed by atoms with van der Waals surface area (Å²) in [6, 6.07) is 11.0. The van der Waals surface area contributed by atoms with Gasteiger partial charge >= 0.3 is 0 Å². The van der Waals surface area contributed by atoms with Crippen LogP contribution in [0.3, 0.4) is 0 Å². The second kappa shape index (κ2) is 8.17. The Balaban J connectivity index is 1.49. The van der Waals surface area contributed by atoms with Gasteiger partial charge in [-0.15, -0.1) is 0 Å². The molecule has 1 aromatic carbocycles. The summed E-state index contributed by atoms with van der Waals surface area (Å²) < 4.78 is 12.2. The number of rotatable bonds is 6. The van der Waals surface area contributed by atoms with Crippen molar-refractivity contribution in [3.63, 3.8) is 0 Å². The topological polar surface area (TPSA) is 63.5 Å². The number of amides is 1. The van der Waals surface area contributed by atoms with Crippen molar-refractivity contribution < 1.29 is 13.9 Å². The van der Waals surface area contributed by atoms with Crippen LogP contribution in [0.15, 0.2) is 56.9 Å². The molecule has 5 nitrogen and oxygen atoms in total. The van der Waals surface area contributed by atoms with Crippen LogP contribution in [-0.4, -0.2) is 25.5 Å². The quantitative estimate of drug-likeness (QED) is 0.742. The molecule has 3 rings (SSSR count). The summed E-state index contributed by atoms with van der Waals surface area (Å²) >= 11 is 3.38. The van der Waals surface area contributed by atoms with Crippen LogP contribution in [-0.2, 0) is 6.61 Å². The Morgan fingerprint density at radius 2 is 2.08 bits per heavy atom. The predicted molar refractivity (Wildman–Crippen MR) is 95.1 cm³/mol. The number of halogens is 1. The van der Waals surface area contributed by atoms with Gasteiger partial charge in [0.25, 0.3) is 5.91 Å². The molecule has 0 aliphatic carbocycles. The smallest absolute Gasteiger partial charge is 0.287 e. The minimum atomic E-state index is -0.204. The highest BCUT2D eigenvalue weighted by atomic mass is 79.9. The summed E-state index contributed by atoms with van der Waals surface area (Å²) in [5.41, 5.74) is 1.24. The first-order valence-corrected chi connectivity index (χ1v) is 8.64. The summed E-state index contributed by atoms with van der Waals surface area (Å²) in [5.74, 6) is 1.46. The lowest BCUT2D eigenvalue weighted by Gasteiger charge is -2.14. The molecule has 0 spiro atoms. The molecular formula is C18H19BrN2O3. The Morgan fingerprint density at radius 3 is 2.83 bits per heavy atom. The van der Waals surface area contributed by atoms with E-state index in [1.165, 1.54) is 5.57 Å². The number of furan rings is 1. The average Bonchev–Trinajstić information content (AvgIpc) is 3.09. The molecule has 2 heterocycles. The number of ether oxygens (including phenoxy) is 1. The van der Waals surface area contributed by atoms with Gasteiger partial charge in [-0.2, -0.15) is 0 Å². The molecule has 0 radical (unpaired) electrons. The van der Waals surface area contributed by atoms with Gasteiger partial charge in [-0.05, 0) is 49.4 Å². The maximum absolute atomic E-state index is 12.1. The van der Waals surface area contributed by atoms with E-state index in [2.05, 4.69) is 32.6 Å². The minimum Gasteiger partial charge on any atom is -0.486 e. The maximum Gasteiger partial charge on any atom is 0.287 e. The van der Waals surface area contributed by atoms with Crippen molar-refractivity contribution in [1.29, 1.82) is 0 Å². The highest BCUT2D eigenvalue weighted by Gasteiger charge is 2.12. The van der Waals surface area contributed by atoms with Gasteiger partial charge in [0.05, 0.1) is 0 Å². The first kappa shape index (κ1) is 16.8. The van der Waals surface area contributed by atoms with Crippen LogP contribution in [0.4, 0.5) is 0 Å². The Labute approximate surface area is 149 Å². The largest absolute Gasteiger partial charge is 0.486 e. The van der Waals surface area contributed by atoms with Crippen LogP contribution < -0.4 is 15.4 Å². The number of hydrogen-bond donors (Lipinski definition) is 2. The average molecular weight is 391 g/mol. The third-order valence-corrected chi connectivity index (χ3v) is 4.24. The summed E-state index contributed by atoms with van der Waals surface area (Å²) in [6.07, 6.45) is 3.08. The third-order valence-electron chi connectivity index (χ3n) is 3.71. The monoisotopic (exact) mass is 390 g/mol. The fourth-order valence-corrected chi connectivity index (χ4v) is 2.64. The Morgan fingerprint density at radius 1 is 1.25 bits per heavy atom. The lowest BCUT2D eigenvalue weighted by molar-refractivity contribution is 0.0925. The fourth-order valence-electron chi connectivity index (χ4n) is 2.37. The summed E-state index contributed by atoms with van der Waals surface area (Å²) in [7, 11) is 0. The Bertz CT molecular complexity index is 722. The molecule has 0 saturated carbocycles. The molecule has 126 valence electrons. The minimum absolute atomic E-state index is 0.204. The number of carbonyl (C=O) groups is 1. The predicted octanol–water partition coefficient (Wildman–Crippen LogP) is 3.27. The van der Waals surface area contributed by atoms with Gasteiger partial charge in [-0.3, -0.25) is 4.79 Å². The van der Waals surface area contributed by atoms with E-state index in [9.17, 15) is 4.79 Å². The summed E-state index contributed by atoms with van der Waals surface area (Å²) in [5, 5.41) is 6.13. The van der Waals surface area contributed by atoms with Gasteiger partial charge in [0.15, 0.2) is 5.76 Å². The Kier molecular flexibility index (Phi) is 5.72. The van der Waals surface area contributed by atoms with Crippen LogP contribution in [0.1, 0.15) is 22.7 Å². The number of benzene rings is 1. The molecule has 1 aromatic heterocycles. The molecule has 1 aliphatic rings. The molecule has 0 bridgehead atoms. The number of carbonyl (C=O) groups excluding carboxylic acids is 1. The van der Waals surface area contributed by atoms with Gasteiger partial charge in [0.2, 0.25) is 0 Å². The van der Waals surface area contributed by atoms with Gasteiger partial charge in [0.1, 0.15) is 18.1 Å². The SMILES string of the molecule is O=C(NCC1=CCNCC1)c1ccc(COc2ccc(Br)cc2)o1. The van der Waals surface area contributed by atoms with Crippen LogP contribution in [0, 0.1) is 0 Å². The number of hydrogen-bond acceptors (Lipinski definition) is 4. The first-order valence-electron chi connectivity index (χ1n) is 7.84. The molecule has 0 fully saturated rings. The Hall–Kier alpha value is -2.05. The lowest BCUT2D eigenvalue weighted by Crippen LogP contribution is -2.29. The van der Waals surface area contributed by atoms with Gasteiger partial charge in [-0.1, -0.05) is 27.6 Å². The molecular weight excluding hydrogens is 372 g/mol. The molecule has 0 saturated heterocycles.